The van der Waals surface area contributed by atoms with Crippen molar-refractivity contribution in [1.29, 1.82) is 0 Å². The van der Waals surface area contributed by atoms with Crippen LogP contribution in [-0.4, -0.2) is 22.5 Å². The molecule has 1 fully saturated rings. The summed E-state index contributed by atoms with van der Waals surface area (Å²) in [7, 11) is 0. The van der Waals surface area contributed by atoms with Crippen LogP contribution < -0.4 is 0 Å². The summed E-state index contributed by atoms with van der Waals surface area (Å²) in [5, 5.41) is 4.08. The summed E-state index contributed by atoms with van der Waals surface area (Å²) in [4.78, 5) is 14.4. The smallest absolute Gasteiger partial charge is 0.227 e. The second-order valence-electron chi connectivity index (χ2n) is 6.32. The van der Waals surface area contributed by atoms with Crippen LogP contribution in [0.4, 0.5) is 4.39 Å². The molecule has 1 aromatic heterocycles. The molecule has 0 N–H and O–H groups in total. The van der Waals surface area contributed by atoms with E-state index in [9.17, 15) is 9.18 Å². The van der Waals surface area contributed by atoms with Gasteiger partial charge in [0, 0.05) is 12.6 Å². The second kappa shape index (κ2) is 6.52. The first-order valence-electron chi connectivity index (χ1n) is 8.05. The Labute approximate surface area is 135 Å². The first-order valence-corrected chi connectivity index (χ1v) is 8.05. The Morgan fingerprint density at radius 3 is 2.91 bits per heavy atom. The van der Waals surface area contributed by atoms with Gasteiger partial charge in [-0.1, -0.05) is 37.2 Å². The maximum Gasteiger partial charge on any atom is 0.227 e. The van der Waals surface area contributed by atoms with Gasteiger partial charge in [0.25, 0.3) is 0 Å². The molecular weight excluding hydrogens is 295 g/mol. The predicted octanol–water partition coefficient (Wildman–Crippen LogP) is 3.84. The SMILES string of the molecule is CC(C)c1cc(C2CCCN2C(=O)Cc2ccccc2F)on1. The molecule has 1 atom stereocenters. The lowest BCUT2D eigenvalue weighted by molar-refractivity contribution is -0.131. The molecule has 23 heavy (non-hydrogen) atoms. The number of carbonyl (C=O) groups excluding carboxylic acids is 1. The quantitative estimate of drug-likeness (QED) is 0.861. The van der Waals surface area contributed by atoms with Gasteiger partial charge in [-0.05, 0) is 30.4 Å². The molecule has 1 aromatic carbocycles. The van der Waals surface area contributed by atoms with Gasteiger partial charge in [0.1, 0.15) is 5.82 Å². The zero-order valence-electron chi connectivity index (χ0n) is 13.5. The van der Waals surface area contributed by atoms with Gasteiger partial charge in [-0.25, -0.2) is 4.39 Å². The van der Waals surface area contributed by atoms with Crippen LogP contribution in [0.25, 0.3) is 0 Å². The van der Waals surface area contributed by atoms with Crippen molar-refractivity contribution in [3.63, 3.8) is 0 Å². The van der Waals surface area contributed by atoms with Crippen LogP contribution in [0.2, 0.25) is 0 Å². The van der Waals surface area contributed by atoms with Crippen molar-refractivity contribution >= 4 is 5.91 Å². The Bertz CT molecular complexity index is 696. The summed E-state index contributed by atoms with van der Waals surface area (Å²) >= 11 is 0. The summed E-state index contributed by atoms with van der Waals surface area (Å²) < 4.78 is 19.2. The van der Waals surface area contributed by atoms with Crippen LogP contribution in [0.3, 0.4) is 0 Å². The average molecular weight is 316 g/mol. The molecule has 0 radical (unpaired) electrons. The number of aromatic nitrogens is 1. The lowest BCUT2D eigenvalue weighted by atomic mass is 10.1. The molecule has 1 saturated heterocycles. The Kier molecular flexibility index (Phi) is 4.46. The standard InChI is InChI=1S/C18H21FN2O2/c1-12(2)15-11-17(23-20-15)16-8-5-9-21(16)18(22)10-13-6-3-4-7-14(13)19/h3-4,6-7,11-12,16H,5,8-10H2,1-2H3. The first kappa shape index (κ1) is 15.7. The number of halogens is 1. The van der Waals surface area contributed by atoms with Gasteiger partial charge >= 0.3 is 0 Å². The minimum absolute atomic E-state index is 0.0694. The molecule has 122 valence electrons. The largest absolute Gasteiger partial charge is 0.359 e. The third-order valence-electron chi connectivity index (χ3n) is 4.34. The minimum atomic E-state index is -0.335. The third kappa shape index (κ3) is 3.28. The van der Waals surface area contributed by atoms with Gasteiger partial charge in [-0.2, -0.15) is 0 Å². The molecule has 2 heterocycles. The zero-order chi connectivity index (χ0) is 16.4. The molecule has 0 saturated carbocycles. The number of benzene rings is 1. The monoisotopic (exact) mass is 316 g/mol. The number of likely N-dealkylation sites (tertiary alicyclic amines) is 1. The summed E-state index contributed by atoms with van der Waals surface area (Å²) in [5.41, 5.74) is 1.33. The fourth-order valence-electron chi connectivity index (χ4n) is 3.00. The molecule has 4 nitrogen and oxygen atoms in total. The molecular formula is C18H21FN2O2. The van der Waals surface area contributed by atoms with Crippen molar-refractivity contribution in [2.24, 2.45) is 0 Å². The molecule has 1 aliphatic rings. The lowest BCUT2D eigenvalue weighted by Gasteiger charge is -2.22. The normalized spacial score (nSPS) is 17.9. The highest BCUT2D eigenvalue weighted by Gasteiger charge is 2.33. The maximum absolute atomic E-state index is 13.7. The second-order valence-corrected chi connectivity index (χ2v) is 6.32. The van der Waals surface area contributed by atoms with Crippen LogP contribution in [0.5, 0.6) is 0 Å². The maximum atomic E-state index is 13.7. The van der Waals surface area contributed by atoms with Crippen LogP contribution >= 0.6 is 0 Å². The Hall–Kier alpha value is -2.17. The molecule has 5 heteroatoms. The number of hydrogen-bond donors (Lipinski definition) is 0. The van der Waals surface area contributed by atoms with Gasteiger partial charge in [-0.3, -0.25) is 4.79 Å². The van der Waals surface area contributed by atoms with E-state index < -0.39 is 0 Å². The highest BCUT2D eigenvalue weighted by molar-refractivity contribution is 5.79. The van der Waals surface area contributed by atoms with Crippen LogP contribution in [-0.2, 0) is 11.2 Å². The summed E-state index contributed by atoms with van der Waals surface area (Å²) in [6.07, 6.45) is 1.86. The molecule has 0 bridgehead atoms. The van der Waals surface area contributed by atoms with Crippen molar-refractivity contribution in [1.82, 2.24) is 10.1 Å². The number of nitrogens with zero attached hydrogens (tertiary/aromatic N) is 2. The van der Waals surface area contributed by atoms with Crippen LogP contribution in [0.15, 0.2) is 34.9 Å². The van der Waals surface area contributed by atoms with Crippen LogP contribution in [0, 0.1) is 5.82 Å². The lowest BCUT2D eigenvalue weighted by Crippen LogP contribution is -2.31. The molecule has 1 amide bonds. The molecule has 0 aliphatic carbocycles. The predicted molar refractivity (Wildman–Crippen MR) is 84.4 cm³/mol. The van der Waals surface area contributed by atoms with E-state index in [0.717, 1.165) is 24.3 Å². The van der Waals surface area contributed by atoms with E-state index in [1.165, 1.54) is 6.07 Å². The van der Waals surface area contributed by atoms with Crippen molar-refractivity contribution < 1.29 is 13.7 Å². The average Bonchev–Trinajstić information content (AvgIpc) is 3.17. The Balaban J connectivity index is 1.75. The molecule has 3 rings (SSSR count). The number of carbonyl (C=O) groups is 1. The minimum Gasteiger partial charge on any atom is -0.359 e. The molecule has 2 aromatic rings. The zero-order valence-corrected chi connectivity index (χ0v) is 13.5. The summed E-state index contributed by atoms with van der Waals surface area (Å²) in [6, 6.07) is 8.26. The molecule has 1 unspecified atom stereocenters. The Morgan fingerprint density at radius 1 is 1.43 bits per heavy atom. The molecule has 0 spiro atoms. The Morgan fingerprint density at radius 2 is 2.22 bits per heavy atom. The van der Waals surface area contributed by atoms with E-state index in [1.807, 2.05) is 6.07 Å². The summed E-state index contributed by atoms with van der Waals surface area (Å²) in [5.74, 6) is 0.614. The van der Waals surface area contributed by atoms with Crippen molar-refractivity contribution in [3.05, 3.63) is 53.2 Å². The first-order chi connectivity index (χ1) is 11.1. The highest BCUT2D eigenvalue weighted by atomic mass is 19.1. The number of hydrogen-bond acceptors (Lipinski definition) is 3. The van der Waals surface area contributed by atoms with Gasteiger partial charge < -0.3 is 9.42 Å². The van der Waals surface area contributed by atoms with Gasteiger partial charge in [0.2, 0.25) is 5.91 Å². The van der Waals surface area contributed by atoms with E-state index in [0.29, 0.717) is 12.1 Å². The van der Waals surface area contributed by atoms with Crippen molar-refractivity contribution in [2.45, 2.75) is 45.1 Å². The highest BCUT2D eigenvalue weighted by Crippen LogP contribution is 2.33. The van der Waals surface area contributed by atoms with E-state index >= 15 is 0 Å². The van der Waals surface area contributed by atoms with Gasteiger partial charge in [0.15, 0.2) is 5.76 Å². The number of rotatable bonds is 4. The fraction of sp³-hybridized carbons (Fsp3) is 0.444. The van der Waals surface area contributed by atoms with E-state index in [1.54, 1.807) is 23.1 Å². The molecule has 1 aliphatic heterocycles. The van der Waals surface area contributed by atoms with E-state index in [2.05, 4.69) is 19.0 Å². The van der Waals surface area contributed by atoms with Gasteiger partial charge in [-0.15, -0.1) is 0 Å². The van der Waals surface area contributed by atoms with Crippen LogP contribution in [0.1, 0.15) is 55.7 Å². The van der Waals surface area contributed by atoms with E-state index in [4.69, 9.17) is 4.52 Å². The van der Waals surface area contributed by atoms with Crippen molar-refractivity contribution in [2.75, 3.05) is 6.54 Å². The topological polar surface area (TPSA) is 46.3 Å². The number of amides is 1. The third-order valence-corrected chi connectivity index (χ3v) is 4.34. The van der Waals surface area contributed by atoms with Crippen molar-refractivity contribution in [3.8, 4) is 0 Å². The van der Waals surface area contributed by atoms with Gasteiger partial charge in [0.05, 0.1) is 18.2 Å². The van der Waals surface area contributed by atoms with E-state index in [-0.39, 0.29) is 30.1 Å². The summed E-state index contributed by atoms with van der Waals surface area (Å²) in [6.45, 7) is 4.78. The fourth-order valence-corrected chi connectivity index (χ4v) is 3.00.